The molecule has 0 atom stereocenters. The van der Waals surface area contributed by atoms with Crippen LogP contribution in [0.5, 0.6) is 0 Å². The minimum absolute atomic E-state index is 0.0749. The van der Waals surface area contributed by atoms with E-state index in [0.717, 1.165) is 6.20 Å². The number of aromatic nitrogens is 4. The number of pyridine rings is 2. The molecule has 0 aliphatic rings. The van der Waals surface area contributed by atoms with Crippen LogP contribution in [0.25, 0.3) is 22.7 Å². The van der Waals surface area contributed by atoms with Gasteiger partial charge >= 0.3 is 5.97 Å². The summed E-state index contributed by atoms with van der Waals surface area (Å²) in [5.41, 5.74) is 1.08. The van der Waals surface area contributed by atoms with Crippen LogP contribution in [0.15, 0.2) is 30.6 Å². The first kappa shape index (κ1) is 11.3. The lowest BCUT2D eigenvalue weighted by atomic mass is 10.2. The van der Waals surface area contributed by atoms with Crippen LogP contribution >= 0.6 is 0 Å². The minimum Gasteiger partial charge on any atom is -0.478 e. The average Bonchev–Trinajstić information content (AvgIpc) is 2.82. The Kier molecular flexibility index (Phi) is 2.45. The van der Waals surface area contributed by atoms with Crippen molar-refractivity contribution < 1.29 is 14.3 Å². The number of carboxylic acids is 1. The second kappa shape index (κ2) is 4.13. The molecule has 0 fully saturated rings. The lowest BCUT2D eigenvalue weighted by Crippen LogP contribution is -1.97. The molecule has 0 saturated carbocycles. The largest absolute Gasteiger partial charge is 0.478 e. The van der Waals surface area contributed by atoms with Crippen LogP contribution in [-0.2, 0) is 0 Å². The number of carboxylic acid groups (broad SMARTS) is 1. The summed E-state index contributed by atoms with van der Waals surface area (Å²) in [5.74, 6) is -1.19. The van der Waals surface area contributed by atoms with Crippen LogP contribution in [0.3, 0.4) is 0 Å². The number of aromatic amines is 1. The highest BCUT2D eigenvalue weighted by atomic mass is 19.1. The second-order valence-corrected chi connectivity index (χ2v) is 3.81. The first-order chi connectivity index (χ1) is 9.15. The van der Waals surface area contributed by atoms with E-state index < -0.39 is 11.8 Å². The third-order valence-corrected chi connectivity index (χ3v) is 2.59. The Balaban J connectivity index is 2.19. The number of aromatic carboxylic acids is 1. The van der Waals surface area contributed by atoms with Gasteiger partial charge in [0.1, 0.15) is 11.5 Å². The molecule has 0 aliphatic carbocycles. The Hall–Kier alpha value is -2.83. The number of imidazole rings is 1. The first-order valence-corrected chi connectivity index (χ1v) is 5.35. The van der Waals surface area contributed by atoms with Crippen LogP contribution < -0.4 is 0 Å². The predicted molar refractivity (Wildman–Crippen MR) is 64.0 cm³/mol. The van der Waals surface area contributed by atoms with Gasteiger partial charge in [-0.1, -0.05) is 0 Å². The molecule has 3 aromatic heterocycles. The van der Waals surface area contributed by atoms with Crippen molar-refractivity contribution in [1.82, 2.24) is 19.9 Å². The molecule has 0 aliphatic heterocycles. The molecule has 0 saturated heterocycles. The zero-order valence-corrected chi connectivity index (χ0v) is 9.46. The monoisotopic (exact) mass is 258 g/mol. The fourth-order valence-corrected chi connectivity index (χ4v) is 1.73. The highest BCUT2D eigenvalue weighted by molar-refractivity contribution is 6.00. The van der Waals surface area contributed by atoms with E-state index in [9.17, 15) is 9.18 Å². The van der Waals surface area contributed by atoms with Crippen molar-refractivity contribution >= 4 is 17.1 Å². The molecule has 6 nitrogen and oxygen atoms in total. The SMILES string of the molecule is O=C(O)c1ccnc2nc(-c3ccc(F)cn3)[nH]c12. The maximum absolute atomic E-state index is 12.8. The van der Waals surface area contributed by atoms with Gasteiger partial charge in [0.15, 0.2) is 11.5 Å². The van der Waals surface area contributed by atoms with Gasteiger partial charge in [-0.3, -0.25) is 0 Å². The third-order valence-electron chi connectivity index (χ3n) is 2.59. The number of hydrogen-bond acceptors (Lipinski definition) is 4. The van der Waals surface area contributed by atoms with Gasteiger partial charge in [0.2, 0.25) is 0 Å². The number of nitrogens with one attached hydrogen (secondary N) is 1. The molecular weight excluding hydrogens is 251 g/mol. The molecule has 7 heteroatoms. The van der Waals surface area contributed by atoms with Crippen molar-refractivity contribution in [3.8, 4) is 11.5 Å². The molecule has 0 amide bonds. The molecule has 94 valence electrons. The third kappa shape index (κ3) is 1.90. The summed E-state index contributed by atoms with van der Waals surface area (Å²) < 4.78 is 12.8. The summed E-state index contributed by atoms with van der Waals surface area (Å²) in [7, 11) is 0. The zero-order valence-electron chi connectivity index (χ0n) is 9.46. The van der Waals surface area contributed by atoms with Crippen LogP contribution in [0.2, 0.25) is 0 Å². The van der Waals surface area contributed by atoms with Crippen LogP contribution in [-0.4, -0.2) is 31.0 Å². The Labute approximate surface area is 106 Å². The van der Waals surface area contributed by atoms with Crippen molar-refractivity contribution in [2.45, 2.75) is 0 Å². The lowest BCUT2D eigenvalue weighted by molar-refractivity contribution is 0.0698. The maximum atomic E-state index is 12.8. The van der Waals surface area contributed by atoms with Gasteiger partial charge in [0, 0.05) is 6.20 Å². The van der Waals surface area contributed by atoms with Gasteiger partial charge in [-0.2, -0.15) is 0 Å². The van der Waals surface area contributed by atoms with Gasteiger partial charge in [0.05, 0.1) is 17.3 Å². The highest BCUT2D eigenvalue weighted by Crippen LogP contribution is 2.20. The van der Waals surface area contributed by atoms with Crippen LogP contribution in [0, 0.1) is 5.82 Å². The van der Waals surface area contributed by atoms with Crippen molar-refractivity contribution in [2.75, 3.05) is 0 Å². The van der Waals surface area contributed by atoms with E-state index in [1.807, 2.05) is 0 Å². The summed E-state index contributed by atoms with van der Waals surface area (Å²) in [5, 5.41) is 9.06. The lowest BCUT2D eigenvalue weighted by Gasteiger charge is -1.95. The quantitative estimate of drug-likeness (QED) is 0.731. The zero-order chi connectivity index (χ0) is 13.4. The van der Waals surface area contributed by atoms with Crippen molar-refractivity contribution in [3.05, 3.63) is 42.0 Å². The van der Waals surface area contributed by atoms with Crippen molar-refractivity contribution in [1.29, 1.82) is 0 Å². The Morgan fingerprint density at radius 3 is 2.79 bits per heavy atom. The highest BCUT2D eigenvalue weighted by Gasteiger charge is 2.14. The summed E-state index contributed by atoms with van der Waals surface area (Å²) in [4.78, 5) is 25.9. The number of fused-ring (bicyclic) bond motifs is 1. The minimum atomic E-state index is -1.07. The van der Waals surface area contributed by atoms with E-state index in [1.165, 1.54) is 24.4 Å². The average molecular weight is 258 g/mol. The normalized spacial score (nSPS) is 10.8. The fourth-order valence-electron chi connectivity index (χ4n) is 1.73. The van der Waals surface area contributed by atoms with Crippen LogP contribution in [0.4, 0.5) is 4.39 Å². The predicted octanol–water partition coefficient (Wildman–Crippen LogP) is 1.86. The molecule has 3 aromatic rings. The molecule has 0 aromatic carbocycles. The molecule has 0 bridgehead atoms. The summed E-state index contributed by atoms with van der Waals surface area (Å²) >= 11 is 0. The number of hydrogen-bond donors (Lipinski definition) is 2. The topological polar surface area (TPSA) is 91.8 Å². The molecule has 3 heterocycles. The molecule has 0 spiro atoms. The van der Waals surface area contributed by atoms with E-state index in [-0.39, 0.29) is 11.2 Å². The molecule has 19 heavy (non-hydrogen) atoms. The van der Waals surface area contributed by atoms with Gasteiger partial charge in [-0.15, -0.1) is 0 Å². The number of nitrogens with zero attached hydrogens (tertiary/aromatic N) is 3. The van der Waals surface area contributed by atoms with Gasteiger partial charge in [-0.05, 0) is 18.2 Å². The summed E-state index contributed by atoms with van der Waals surface area (Å²) in [6, 6.07) is 4.08. The number of H-pyrrole nitrogens is 1. The molecule has 0 radical (unpaired) electrons. The smallest absolute Gasteiger partial charge is 0.338 e. The van der Waals surface area contributed by atoms with Crippen molar-refractivity contribution in [3.63, 3.8) is 0 Å². The maximum Gasteiger partial charge on any atom is 0.338 e. The first-order valence-electron chi connectivity index (χ1n) is 5.35. The standard InChI is InChI=1S/C12H7FN4O2/c13-6-1-2-8(15-5-6)10-16-9-7(12(18)19)3-4-14-11(9)17-10/h1-5H,(H,18,19)(H,14,16,17). The van der Waals surface area contributed by atoms with Crippen molar-refractivity contribution in [2.24, 2.45) is 0 Å². The Morgan fingerprint density at radius 1 is 1.26 bits per heavy atom. The number of halogens is 1. The van der Waals surface area contributed by atoms with E-state index in [0.29, 0.717) is 17.0 Å². The van der Waals surface area contributed by atoms with E-state index in [2.05, 4.69) is 19.9 Å². The fraction of sp³-hybridized carbons (Fsp3) is 0. The van der Waals surface area contributed by atoms with Gasteiger partial charge < -0.3 is 10.1 Å². The van der Waals surface area contributed by atoms with Gasteiger partial charge in [0.25, 0.3) is 0 Å². The Morgan fingerprint density at radius 2 is 2.11 bits per heavy atom. The summed E-state index contributed by atoms with van der Waals surface area (Å²) in [6.07, 6.45) is 2.43. The molecule has 2 N–H and O–H groups in total. The van der Waals surface area contributed by atoms with Gasteiger partial charge in [-0.25, -0.2) is 24.1 Å². The second-order valence-electron chi connectivity index (χ2n) is 3.81. The number of rotatable bonds is 2. The number of carbonyl (C=O) groups is 1. The van der Waals surface area contributed by atoms with E-state index in [1.54, 1.807) is 0 Å². The van der Waals surface area contributed by atoms with E-state index in [4.69, 9.17) is 5.11 Å². The summed E-state index contributed by atoms with van der Waals surface area (Å²) in [6.45, 7) is 0. The Bertz CT molecular complexity index is 767. The van der Waals surface area contributed by atoms with Crippen LogP contribution in [0.1, 0.15) is 10.4 Å². The van der Waals surface area contributed by atoms with E-state index >= 15 is 0 Å². The molecular formula is C12H7FN4O2. The molecule has 3 rings (SSSR count). The molecule has 0 unspecified atom stereocenters.